The van der Waals surface area contributed by atoms with Gasteiger partial charge in [0.25, 0.3) is 0 Å². The highest BCUT2D eigenvalue weighted by molar-refractivity contribution is 9.10. The van der Waals surface area contributed by atoms with Crippen LogP contribution in [-0.2, 0) is 6.42 Å². The summed E-state index contributed by atoms with van der Waals surface area (Å²) >= 11 is 3.29. The summed E-state index contributed by atoms with van der Waals surface area (Å²) in [5.41, 5.74) is 1.72. The molecular weight excluding hydrogens is 333 g/mol. The minimum Gasteiger partial charge on any atom is -0.294 e. The molecule has 104 valence electrons. The molecule has 3 aromatic rings. The molecule has 0 unspecified atom stereocenters. The molecule has 2 nitrogen and oxygen atoms in total. The van der Waals surface area contributed by atoms with Gasteiger partial charge in [0.2, 0.25) is 0 Å². The Morgan fingerprint density at radius 2 is 1.95 bits per heavy atom. The number of halogens is 2. The monoisotopic (exact) mass is 343 g/mol. The van der Waals surface area contributed by atoms with Gasteiger partial charge in [0.15, 0.2) is 5.78 Å². The van der Waals surface area contributed by atoms with Crippen molar-refractivity contribution in [2.75, 3.05) is 0 Å². The van der Waals surface area contributed by atoms with Crippen molar-refractivity contribution in [2.24, 2.45) is 0 Å². The molecule has 21 heavy (non-hydrogen) atoms. The van der Waals surface area contributed by atoms with Gasteiger partial charge in [0, 0.05) is 28.0 Å². The molecule has 0 amide bonds. The van der Waals surface area contributed by atoms with Gasteiger partial charge in [-0.2, -0.15) is 0 Å². The molecule has 0 N–H and O–H groups in total. The molecule has 0 saturated carbocycles. The van der Waals surface area contributed by atoms with Gasteiger partial charge in [-0.05, 0) is 35.9 Å². The standard InChI is InChI=1S/C17H11BrFNO/c18-12-5-6-15(19)11(9-12)10-17(21)14-7-8-20-16-4-2-1-3-13(14)16/h1-9H,10H2. The van der Waals surface area contributed by atoms with E-state index in [2.05, 4.69) is 20.9 Å². The lowest BCUT2D eigenvalue weighted by atomic mass is 10.00. The number of fused-ring (bicyclic) bond motifs is 1. The minimum atomic E-state index is -0.370. The van der Waals surface area contributed by atoms with Crippen molar-refractivity contribution in [2.45, 2.75) is 6.42 Å². The summed E-state index contributed by atoms with van der Waals surface area (Å²) in [6, 6.07) is 13.7. The predicted octanol–water partition coefficient (Wildman–Crippen LogP) is 4.56. The fraction of sp³-hybridized carbons (Fsp3) is 0.0588. The van der Waals surface area contributed by atoms with Crippen LogP contribution in [0, 0.1) is 5.82 Å². The molecule has 1 aromatic heterocycles. The average Bonchev–Trinajstić information content (AvgIpc) is 2.50. The van der Waals surface area contributed by atoms with Crippen LogP contribution in [0.5, 0.6) is 0 Å². The molecule has 1 heterocycles. The molecule has 0 radical (unpaired) electrons. The first-order chi connectivity index (χ1) is 10.1. The van der Waals surface area contributed by atoms with Crippen molar-refractivity contribution in [3.63, 3.8) is 0 Å². The van der Waals surface area contributed by atoms with Crippen LogP contribution in [-0.4, -0.2) is 10.8 Å². The lowest BCUT2D eigenvalue weighted by Gasteiger charge is -2.06. The molecule has 0 aliphatic rings. The second-order valence-electron chi connectivity index (χ2n) is 4.71. The van der Waals surface area contributed by atoms with E-state index < -0.39 is 0 Å². The Hall–Kier alpha value is -2.07. The fourth-order valence-corrected chi connectivity index (χ4v) is 2.69. The highest BCUT2D eigenvalue weighted by Gasteiger charge is 2.13. The molecule has 4 heteroatoms. The summed E-state index contributed by atoms with van der Waals surface area (Å²) in [6.45, 7) is 0. The third-order valence-electron chi connectivity index (χ3n) is 3.31. The normalized spacial score (nSPS) is 10.8. The zero-order valence-electron chi connectivity index (χ0n) is 11.0. The van der Waals surface area contributed by atoms with Gasteiger partial charge in [-0.15, -0.1) is 0 Å². The summed E-state index contributed by atoms with van der Waals surface area (Å²) < 4.78 is 14.5. The summed E-state index contributed by atoms with van der Waals surface area (Å²) in [5, 5.41) is 0.792. The quantitative estimate of drug-likeness (QED) is 0.652. The van der Waals surface area contributed by atoms with Gasteiger partial charge in [0.05, 0.1) is 5.52 Å². The molecule has 0 aliphatic carbocycles. The Kier molecular flexibility index (Phi) is 3.80. The Bertz CT molecular complexity index is 827. The summed E-state index contributed by atoms with van der Waals surface area (Å²) in [6.07, 6.45) is 1.63. The Morgan fingerprint density at radius 3 is 2.81 bits per heavy atom. The Labute approximate surface area is 129 Å². The van der Waals surface area contributed by atoms with E-state index in [1.165, 1.54) is 6.07 Å². The number of hydrogen-bond acceptors (Lipinski definition) is 2. The van der Waals surface area contributed by atoms with Crippen molar-refractivity contribution in [3.8, 4) is 0 Å². The number of aromatic nitrogens is 1. The van der Waals surface area contributed by atoms with Gasteiger partial charge >= 0.3 is 0 Å². The van der Waals surface area contributed by atoms with E-state index in [4.69, 9.17) is 0 Å². The number of Topliss-reactive ketones (excluding diaryl/α,β-unsaturated/α-hetero) is 1. The first kappa shape index (κ1) is 13.9. The zero-order chi connectivity index (χ0) is 14.8. The van der Waals surface area contributed by atoms with E-state index in [9.17, 15) is 9.18 Å². The number of ketones is 1. The molecule has 2 aromatic carbocycles. The topological polar surface area (TPSA) is 30.0 Å². The number of pyridine rings is 1. The number of hydrogen-bond donors (Lipinski definition) is 0. The second-order valence-corrected chi connectivity index (χ2v) is 5.63. The first-order valence-electron chi connectivity index (χ1n) is 6.46. The second kappa shape index (κ2) is 5.74. The van der Waals surface area contributed by atoms with E-state index in [-0.39, 0.29) is 18.0 Å². The summed E-state index contributed by atoms with van der Waals surface area (Å²) in [5.74, 6) is -0.490. The highest BCUT2D eigenvalue weighted by Crippen LogP contribution is 2.21. The van der Waals surface area contributed by atoms with Crippen LogP contribution >= 0.6 is 15.9 Å². The molecule has 0 saturated heterocycles. The van der Waals surface area contributed by atoms with Gasteiger partial charge in [-0.1, -0.05) is 34.1 Å². The van der Waals surface area contributed by atoms with Crippen molar-refractivity contribution in [3.05, 3.63) is 76.1 Å². The number of carbonyl (C=O) groups excluding carboxylic acids is 1. The molecule has 0 spiro atoms. The van der Waals surface area contributed by atoms with Crippen LogP contribution in [0.2, 0.25) is 0 Å². The smallest absolute Gasteiger partial charge is 0.168 e. The van der Waals surface area contributed by atoms with Crippen LogP contribution in [0.1, 0.15) is 15.9 Å². The lowest BCUT2D eigenvalue weighted by Crippen LogP contribution is -2.06. The van der Waals surface area contributed by atoms with Crippen LogP contribution in [0.3, 0.4) is 0 Å². The van der Waals surface area contributed by atoms with Gasteiger partial charge in [0.1, 0.15) is 5.82 Å². The number of para-hydroxylation sites is 1. The first-order valence-corrected chi connectivity index (χ1v) is 7.25. The average molecular weight is 344 g/mol. The van der Waals surface area contributed by atoms with E-state index in [0.29, 0.717) is 11.1 Å². The maximum absolute atomic E-state index is 13.8. The van der Waals surface area contributed by atoms with Crippen LogP contribution in [0.25, 0.3) is 10.9 Å². The van der Waals surface area contributed by atoms with E-state index >= 15 is 0 Å². The molecular formula is C17H11BrFNO. The molecule has 0 aliphatic heterocycles. The molecule has 0 fully saturated rings. The number of benzene rings is 2. The van der Waals surface area contributed by atoms with Crippen molar-refractivity contribution >= 4 is 32.6 Å². The summed E-state index contributed by atoms with van der Waals surface area (Å²) in [7, 11) is 0. The van der Waals surface area contributed by atoms with Crippen molar-refractivity contribution < 1.29 is 9.18 Å². The van der Waals surface area contributed by atoms with Crippen LogP contribution in [0.15, 0.2) is 59.2 Å². The van der Waals surface area contributed by atoms with Crippen molar-refractivity contribution in [1.82, 2.24) is 4.98 Å². The van der Waals surface area contributed by atoms with Gasteiger partial charge < -0.3 is 0 Å². The maximum atomic E-state index is 13.8. The van der Waals surface area contributed by atoms with Gasteiger partial charge in [-0.25, -0.2) is 4.39 Å². The molecule has 0 bridgehead atoms. The molecule has 0 atom stereocenters. The van der Waals surface area contributed by atoms with E-state index in [1.807, 2.05) is 24.3 Å². The largest absolute Gasteiger partial charge is 0.294 e. The SMILES string of the molecule is O=C(Cc1cc(Br)ccc1F)c1ccnc2ccccc12. The zero-order valence-corrected chi connectivity index (χ0v) is 12.6. The third-order valence-corrected chi connectivity index (χ3v) is 3.80. The number of nitrogens with zero attached hydrogens (tertiary/aromatic N) is 1. The van der Waals surface area contributed by atoms with Crippen molar-refractivity contribution in [1.29, 1.82) is 0 Å². The Morgan fingerprint density at radius 1 is 1.14 bits per heavy atom. The number of rotatable bonds is 3. The highest BCUT2D eigenvalue weighted by atomic mass is 79.9. The minimum absolute atomic E-state index is 0.0271. The molecule has 3 rings (SSSR count). The fourth-order valence-electron chi connectivity index (χ4n) is 2.29. The maximum Gasteiger partial charge on any atom is 0.168 e. The summed E-state index contributed by atoms with van der Waals surface area (Å²) in [4.78, 5) is 16.7. The predicted molar refractivity (Wildman–Crippen MR) is 83.9 cm³/mol. The third kappa shape index (κ3) is 2.85. The van der Waals surface area contributed by atoms with E-state index in [1.54, 1.807) is 24.4 Å². The van der Waals surface area contributed by atoms with Crippen LogP contribution in [0.4, 0.5) is 4.39 Å². The van der Waals surface area contributed by atoms with Gasteiger partial charge in [-0.3, -0.25) is 9.78 Å². The number of carbonyl (C=O) groups is 1. The Balaban J connectivity index is 1.99. The van der Waals surface area contributed by atoms with E-state index in [0.717, 1.165) is 15.4 Å². The van der Waals surface area contributed by atoms with Crippen LogP contribution < -0.4 is 0 Å². The lowest BCUT2D eigenvalue weighted by molar-refractivity contribution is 0.0993.